The number of anilines is 1. The summed E-state index contributed by atoms with van der Waals surface area (Å²) in [6, 6.07) is 0. The fourth-order valence-corrected chi connectivity index (χ4v) is 1.59. The smallest absolute Gasteiger partial charge is 0.320 e. The van der Waals surface area contributed by atoms with Crippen LogP contribution >= 0.6 is 0 Å². The Labute approximate surface area is 79.6 Å². The van der Waals surface area contributed by atoms with E-state index in [1.807, 2.05) is 4.72 Å². The molecule has 2 N–H and O–H groups in total. The van der Waals surface area contributed by atoms with Crippen LogP contribution in [0.4, 0.5) is 5.95 Å². The molecule has 0 saturated carbocycles. The normalized spacial score (nSPS) is 11.2. The Morgan fingerprint density at radius 2 is 2.36 bits per heavy atom. The first-order valence-electron chi connectivity index (χ1n) is 3.47. The van der Waals surface area contributed by atoms with Gasteiger partial charge in [0.2, 0.25) is 16.0 Å². The summed E-state index contributed by atoms with van der Waals surface area (Å²) in [6.07, 6.45) is 1.15. The first kappa shape index (κ1) is 10.4. The monoisotopic (exact) mass is 220 g/mol. The Morgan fingerprint density at radius 3 is 2.79 bits per heavy atom. The molecule has 0 fully saturated rings. The molecule has 14 heavy (non-hydrogen) atoms. The van der Waals surface area contributed by atoms with Gasteiger partial charge in [-0.25, -0.2) is 13.1 Å². The Hall–Kier alpha value is -1.64. The predicted octanol–water partition coefficient (Wildman–Crippen LogP) is -1.36. The average Bonchev–Trinajstić information content (AvgIpc) is 2.32. The first-order valence-corrected chi connectivity index (χ1v) is 5.12. The second-order valence-electron chi connectivity index (χ2n) is 2.46. The molecule has 0 aliphatic carbocycles. The molecule has 0 atom stereocenters. The van der Waals surface area contributed by atoms with Crippen LogP contribution in [0.25, 0.3) is 0 Å². The molecular weight excluding hydrogens is 212 g/mol. The van der Waals surface area contributed by atoms with Crippen LogP contribution in [-0.4, -0.2) is 40.0 Å². The maximum Gasteiger partial charge on any atom is 0.320 e. The van der Waals surface area contributed by atoms with E-state index in [1.54, 1.807) is 0 Å². The van der Waals surface area contributed by atoms with Crippen molar-refractivity contribution < 1.29 is 18.3 Å². The Balaban J connectivity index is 2.79. The van der Waals surface area contributed by atoms with Gasteiger partial charge in [-0.05, 0) is 0 Å². The number of nitrogens with one attached hydrogen (secondary N) is 1. The van der Waals surface area contributed by atoms with Crippen LogP contribution in [0.15, 0.2) is 6.33 Å². The molecule has 0 aliphatic rings. The number of rotatable bonds is 4. The van der Waals surface area contributed by atoms with E-state index in [0.717, 1.165) is 6.33 Å². The minimum Gasteiger partial charge on any atom is -0.480 e. The van der Waals surface area contributed by atoms with Crippen molar-refractivity contribution in [3.05, 3.63) is 6.33 Å². The molecule has 0 unspecified atom stereocenters. The van der Waals surface area contributed by atoms with Crippen molar-refractivity contribution in [1.82, 2.24) is 14.8 Å². The number of aryl methyl sites for hydroxylation is 1. The fraction of sp³-hybridized carbons (Fsp3) is 0.400. The number of sulfonamides is 1. The van der Waals surface area contributed by atoms with Gasteiger partial charge in [0.05, 0.1) is 0 Å². The number of nitrogens with zero attached hydrogens (tertiary/aromatic N) is 3. The minimum atomic E-state index is -3.90. The molecule has 1 rings (SSSR count). The van der Waals surface area contributed by atoms with Gasteiger partial charge in [-0.1, -0.05) is 0 Å². The maximum absolute atomic E-state index is 11.1. The third-order valence-electron chi connectivity index (χ3n) is 1.27. The average molecular weight is 220 g/mol. The number of aliphatic carboxylic acids is 1. The molecule has 8 nitrogen and oxygen atoms in total. The van der Waals surface area contributed by atoms with Gasteiger partial charge in [0.1, 0.15) is 6.33 Å². The van der Waals surface area contributed by atoms with E-state index in [9.17, 15) is 13.2 Å². The van der Waals surface area contributed by atoms with Gasteiger partial charge in [-0.2, -0.15) is 10.1 Å². The SMILES string of the molecule is Cn1ncnc1NS(=O)(=O)CC(=O)O. The molecule has 0 bridgehead atoms. The molecule has 0 aromatic carbocycles. The van der Waals surface area contributed by atoms with E-state index >= 15 is 0 Å². The highest BCUT2D eigenvalue weighted by atomic mass is 32.2. The number of carbonyl (C=O) groups is 1. The van der Waals surface area contributed by atoms with Crippen molar-refractivity contribution in [3.8, 4) is 0 Å². The van der Waals surface area contributed by atoms with Crippen LogP contribution in [-0.2, 0) is 21.9 Å². The molecule has 0 spiro atoms. The van der Waals surface area contributed by atoms with Crippen LogP contribution in [0.5, 0.6) is 0 Å². The number of aromatic nitrogens is 3. The third kappa shape index (κ3) is 2.69. The van der Waals surface area contributed by atoms with Crippen LogP contribution in [0.3, 0.4) is 0 Å². The van der Waals surface area contributed by atoms with Gasteiger partial charge in [0.15, 0.2) is 5.75 Å². The molecule has 0 amide bonds. The molecule has 0 saturated heterocycles. The van der Waals surface area contributed by atoms with Crippen LogP contribution in [0.1, 0.15) is 0 Å². The zero-order valence-electron chi connectivity index (χ0n) is 7.21. The molecular formula is C5H8N4O4S. The van der Waals surface area contributed by atoms with Gasteiger partial charge in [0.25, 0.3) is 0 Å². The number of hydrogen-bond donors (Lipinski definition) is 2. The topological polar surface area (TPSA) is 114 Å². The summed E-state index contributed by atoms with van der Waals surface area (Å²) >= 11 is 0. The van der Waals surface area contributed by atoms with E-state index < -0.39 is 21.7 Å². The highest BCUT2D eigenvalue weighted by molar-refractivity contribution is 7.93. The maximum atomic E-state index is 11.1. The lowest BCUT2D eigenvalue weighted by molar-refractivity contribution is -0.134. The second-order valence-corrected chi connectivity index (χ2v) is 4.18. The summed E-state index contributed by atoms with van der Waals surface area (Å²) in [5, 5.41) is 11.9. The second kappa shape index (κ2) is 3.62. The minimum absolute atomic E-state index is 0.0220. The Bertz CT molecular complexity index is 436. The lowest BCUT2D eigenvalue weighted by atomic mass is 10.8. The molecule has 0 aliphatic heterocycles. The number of carboxylic acid groups (broad SMARTS) is 1. The molecule has 1 heterocycles. The van der Waals surface area contributed by atoms with Crippen molar-refractivity contribution >= 4 is 21.9 Å². The molecule has 1 aromatic heterocycles. The van der Waals surface area contributed by atoms with E-state index in [-0.39, 0.29) is 5.95 Å². The van der Waals surface area contributed by atoms with Crippen molar-refractivity contribution in [1.29, 1.82) is 0 Å². The van der Waals surface area contributed by atoms with Crippen molar-refractivity contribution in [3.63, 3.8) is 0 Å². The number of carboxylic acids is 1. The van der Waals surface area contributed by atoms with Crippen molar-refractivity contribution in [2.45, 2.75) is 0 Å². The predicted molar refractivity (Wildman–Crippen MR) is 46.0 cm³/mol. The highest BCUT2D eigenvalue weighted by Crippen LogP contribution is 2.01. The van der Waals surface area contributed by atoms with E-state index in [0.29, 0.717) is 0 Å². The molecule has 9 heteroatoms. The van der Waals surface area contributed by atoms with Crippen LogP contribution in [0.2, 0.25) is 0 Å². The van der Waals surface area contributed by atoms with Gasteiger partial charge >= 0.3 is 5.97 Å². The summed E-state index contributed by atoms with van der Waals surface area (Å²) in [4.78, 5) is 13.7. The summed E-state index contributed by atoms with van der Waals surface area (Å²) < 4.78 is 25.3. The quantitative estimate of drug-likeness (QED) is 0.647. The zero-order chi connectivity index (χ0) is 10.8. The summed E-state index contributed by atoms with van der Waals surface area (Å²) in [7, 11) is -2.42. The summed E-state index contributed by atoms with van der Waals surface area (Å²) in [5.41, 5.74) is 0. The van der Waals surface area contributed by atoms with E-state index in [4.69, 9.17) is 5.11 Å². The lowest BCUT2D eigenvalue weighted by Crippen LogP contribution is -2.23. The summed E-state index contributed by atoms with van der Waals surface area (Å²) in [5.74, 6) is -2.45. The van der Waals surface area contributed by atoms with E-state index in [1.165, 1.54) is 11.7 Å². The lowest BCUT2D eigenvalue weighted by Gasteiger charge is -2.03. The zero-order valence-corrected chi connectivity index (χ0v) is 8.02. The Kier molecular flexibility index (Phi) is 2.70. The van der Waals surface area contributed by atoms with Gasteiger partial charge < -0.3 is 5.11 Å². The fourth-order valence-electron chi connectivity index (χ4n) is 0.726. The number of hydrogen-bond acceptors (Lipinski definition) is 5. The van der Waals surface area contributed by atoms with Crippen molar-refractivity contribution in [2.24, 2.45) is 7.05 Å². The molecule has 0 radical (unpaired) electrons. The van der Waals surface area contributed by atoms with E-state index in [2.05, 4.69) is 10.1 Å². The van der Waals surface area contributed by atoms with Gasteiger partial charge in [0, 0.05) is 7.05 Å². The standard InChI is InChI=1S/C5H8N4O4S/c1-9-5(6-3-7-9)8-14(12,13)2-4(10)11/h3H,2H2,1H3,(H,10,11)(H,6,7,8). The van der Waals surface area contributed by atoms with Gasteiger partial charge in [-0.3, -0.25) is 9.52 Å². The highest BCUT2D eigenvalue weighted by Gasteiger charge is 2.17. The van der Waals surface area contributed by atoms with Crippen LogP contribution in [0, 0.1) is 0 Å². The van der Waals surface area contributed by atoms with Crippen LogP contribution < -0.4 is 4.72 Å². The first-order chi connectivity index (χ1) is 6.41. The largest absolute Gasteiger partial charge is 0.480 e. The molecule has 1 aromatic rings. The van der Waals surface area contributed by atoms with Crippen molar-refractivity contribution in [2.75, 3.05) is 10.5 Å². The molecule has 78 valence electrons. The summed E-state index contributed by atoms with van der Waals surface area (Å²) in [6.45, 7) is 0. The van der Waals surface area contributed by atoms with Gasteiger partial charge in [-0.15, -0.1) is 0 Å². The Morgan fingerprint density at radius 1 is 1.71 bits per heavy atom. The third-order valence-corrected chi connectivity index (χ3v) is 2.39.